The molecule has 4 heteroatoms. The Kier molecular flexibility index (Phi) is 3.39. The van der Waals surface area contributed by atoms with Crippen LogP contribution in [-0.4, -0.2) is 21.1 Å². The zero-order chi connectivity index (χ0) is 13.3. The maximum atomic E-state index is 5.97. The lowest BCUT2D eigenvalue weighted by molar-refractivity contribution is 0.405. The summed E-state index contributed by atoms with van der Waals surface area (Å²) >= 11 is 0. The van der Waals surface area contributed by atoms with E-state index in [1.54, 1.807) is 0 Å². The van der Waals surface area contributed by atoms with Crippen molar-refractivity contribution in [3.63, 3.8) is 0 Å². The van der Waals surface area contributed by atoms with Gasteiger partial charge >= 0.3 is 0 Å². The molecule has 1 atom stereocenters. The molecule has 0 spiro atoms. The van der Waals surface area contributed by atoms with Gasteiger partial charge in [0.1, 0.15) is 11.3 Å². The molecular weight excluding hydrogens is 224 g/mol. The fraction of sp³-hybridized carbons (Fsp3) is 0.571. The summed E-state index contributed by atoms with van der Waals surface area (Å²) in [7, 11) is 0. The molecular formula is C14H22N4. The number of nitrogens with zero attached hydrogens (tertiary/aromatic N) is 3. The van der Waals surface area contributed by atoms with Gasteiger partial charge in [0.05, 0.1) is 11.7 Å². The summed E-state index contributed by atoms with van der Waals surface area (Å²) in [6.45, 7) is 9.30. The molecule has 18 heavy (non-hydrogen) atoms. The summed E-state index contributed by atoms with van der Waals surface area (Å²) in [6, 6.07) is 2.39. The quantitative estimate of drug-likeness (QED) is 0.902. The molecule has 2 N–H and O–H groups in total. The van der Waals surface area contributed by atoms with Crippen molar-refractivity contribution >= 4 is 11.0 Å². The molecule has 0 aliphatic carbocycles. The zero-order valence-corrected chi connectivity index (χ0v) is 11.6. The number of rotatable bonds is 4. The zero-order valence-electron chi connectivity index (χ0n) is 11.6. The molecule has 0 radical (unpaired) electrons. The molecule has 0 amide bonds. The van der Waals surface area contributed by atoms with E-state index in [0.717, 1.165) is 23.3 Å². The third-order valence-corrected chi connectivity index (χ3v) is 3.78. The molecule has 4 nitrogen and oxygen atoms in total. The van der Waals surface area contributed by atoms with Crippen molar-refractivity contribution in [3.05, 3.63) is 24.3 Å². The monoisotopic (exact) mass is 246 g/mol. The van der Waals surface area contributed by atoms with Crippen LogP contribution in [0.4, 0.5) is 0 Å². The fourth-order valence-corrected chi connectivity index (χ4v) is 2.29. The van der Waals surface area contributed by atoms with Gasteiger partial charge in [0.25, 0.3) is 0 Å². The lowest BCUT2D eigenvalue weighted by Gasteiger charge is -2.28. The number of hydrogen-bond acceptors (Lipinski definition) is 3. The van der Waals surface area contributed by atoms with Crippen LogP contribution in [0.2, 0.25) is 0 Å². The van der Waals surface area contributed by atoms with Crippen LogP contribution in [-0.2, 0) is 5.41 Å². The molecule has 2 aromatic rings. The molecule has 1 unspecified atom stereocenters. The van der Waals surface area contributed by atoms with Crippen LogP contribution in [0.3, 0.4) is 0 Å². The predicted molar refractivity (Wildman–Crippen MR) is 74.6 cm³/mol. The summed E-state index contributed by atoms with van der Waals surface area (Å²) in [5.41, 5.74) is 7.99. The standard InChI is InChI=1S/C14H22N4/c1-5-14(4,9-15)13-17-11-8-16-7-6-12(11)18(13)10(2)3/h6-8,10H,5,9,15H2,1-4H3. The molecule has 2 heterocycles. The minimum atomic E-state index is -0.0801. The number of pyridine rings is 1. The van der Waals surface area contributed by atoms with E-state index in [9.17, 15) is 0 Å². The first-order valence-electron chi connectivity index (χ1n) is 6.56. The van der Waals surface area contributed by atoms with Gasteiger partial charge in [0.2, 0.25) is 0 Å². The van der Waals surface area contributed by atoms with E-state index in [0.29, 0.717) is 12.6 Å². The Morgan fingerprint density at radius 3 is 2.72 bits per heavy atom. The highest BCUT2D eigenvalue weighted by molar-refractivity contribution is 5.75. The molecule has 0 aliphatic rings. The minimum absolute atomic E-state index is 0.0801. The number of nitrogens with two attached hydrogens (primary N) is 1. The maximum absolute atomic E-state index is 5.97. The van der Waals surface area contributed by atoms with Crippen LogP contribution >= 0.6 is 0 Å². The average Bonchev–Trinajstić information content (AvgIpc) is 2.77. The lowest BCUT2D eigenvalue weighted by atomic mass is 9.86. The molecule has 98 valence electrons. The number of imidazole rings is 1. The van der Waals surface area contributed by atoms with Crippen molar-refractivity contribution in [2.45, 2.75) is 45.6 Å². The topological polar surface area (TPSA) is 56.7 Å². The van der Waals surface area contributed by atoms with Crippen molar-refractivity contribution in [2.75, 3.05) is 6.54 Å². The highest BCUT2D eigenvalue weighted by atomic mass is 15.1. The summed E-state index contributed by atoms with van der Waals surface area (Å²) < 4.78 is 2.29. The van der Waals surface area contributed by atoms with Crippen molar-refractivity contribution in [3.8, 4) is 0 Å². The third-order valence-electron chi connectivity index (χ3n) is 3.78. The Morgan fingerprint density at radius 2 is 2.17 bits per heavy atom. The van der Waals surface area contributed by atoms with Crippen molar-refractivity contribution in [1.82, 2.24) is 14.5 Å². The van der Waals surface area contributed by atoms with Gasteiger partial charge in [-0.25, -0.2) is 4.98 Å². The predicted octanol–water partition coefficient (Wildman–Crippen LogP) is 2.64. The van der Waals surface area contributed by atoms with Crippen molar-refractivity contribution in [1.29, 1.82) is 0 Å². The Hall–Kier alpha value is -1.42. The van der Waals surface area contributed by atoms with Gasteiger partial charge < -0.3 is 10.3 Å². The highest BCUT2D eigenvalue weighted by Gasteiger charge is 2.30. The van der Waals surface area contributed by atoms with Gasteiger partial charge in [0.15, 0.2) is 0 Å². The van der Waals surface area contributed by atoms with Gasteiger partial charge in [-0.15, -0.1) is 0 Å². The second-order valence-corrected chi connectivity index (χ2v) is 5.38. The van der Waals surface area contributed by atoms with Gasteiger partial charge in [-0.1, -0.05) is 13.8 Å². The number of hydrogen-bond donors (Lipinski definition) is 1. The van der Waals surface area contributed by atoms with Crippen LogP contribution < -0.4 is 5.73 Å². The summed E-state index contributed by atoms with van der Waals surface area (Å²) in [6.07, 6.45) is 4.62. The smallest absolute Gasteiger partial charge is 0.117 e. The fourth-order valence-electron chi connectivity index (χ4n) is 2.29. The molecule has 0 saturated heterocycles. The van der Waals surface area contributed by atoms with Crippen LogP contribution in [0.25, 0.3) is 11.0 Å². The first-order valence-corrected chi connectivity index (χ1v) is 6.56. The largest absolute Gasteiger partial charge is 0.329 e. The second kappa shape index (κ2) is 4.69. The van der Waals surface area contributed by atoms with Crippen molar-refractivity contribution in [2.24, 2.45) is 5.73 Å². The molecule has 2 aromatic heterocycles. The van der Waals surface area contributed by atoms with Crippen LogP contribution in [0, 0.1) is 0 Å². The van der Waals surface area contributed by atoms with Gasteiger partial charge in [0, 0.05) is 24.2 Å². The van der Waals surface area contributed by atoms with E-state index < -0.39 is 0 Å². The molecule has 0 fully saturated rings. The molecule has 0 aromatic carbocycles. The highest BCUT2D eigenvalue weighted by Crippen LogP contribution is 2.31. The van der Waals surface area contributed by atoms with E-state index in [4.69, 9.17) is 10.7 Å². The summed E-state index contributed by atoms with van der Waals surface area (Å²) in [5.74, 6) is 1.07. The first kappa shape index (κ1) is 13.0. The van der Waals surface area contributed by atoms with E-state index in [1.807, 2.05) is 18.5 Å². The van der Waals surface area contributed by atoms with E-state index >= 15 is 0 Å². The Balaban J connectivity index is 2.74. The first-order chi connectivity index (χ1) is 8.53. The number of fused-ring (bicyclic) bond motifs is 1. The average molecular weight is 246 g/mol. The van der Waals surface area contributed by atoms with E-state index in [1.165, 1.54) is 0 Å². The van der Waals surface area contributed by atoms with Crippen LogP contribution in [0.15, 0.2) is 18.5 Å². The molecule has 2 rings (SSSR count). The van der Waals surface area contributed by atoms with E-state index in [2.05, 4.69) is 37.2 Å². The lowest BCUT2D eigenvalue weighted by Crippen LogP contribution is -2.34. The Bertz CT molecular complexity index is 538. The molecule has 0 aliphatic heterocycles. The van der Waals surface area contributed by atoms with Gasteiger partial charge in [-0.3, -0.25) is 4.98 Å². The third kappa shape index (κ3) is 1.90. The maximum Gasteiger partial charge on any atom is 0.117 e. The Morgan fingerprint density at radius 1 is 1.44 bits per heavy atom. The molecule has 0 saturated carbocycles. The Labute approximate surface area is 108 Å². The van der Waals surface area contributed by atoms with Crippen LogP contribution in [0.1, 0.15) is 46.0 Å². The summed E-state index contributed by atoms with van der Waals surface area (Å²) in [5, 5.41) is 0. The second-order valence-electron chi connectivity index (χ2n) is 5.38. The molecule has 0 bridgehead atoms. The van der Waals surface area contributed by atoms with Gasteiger partial charge in [-0.2, -0.15) is 0 Å². The van der Waals surface area contributed by atoms with E-state index in [-0.39, 0.29) is 5.41 Å². The summed E-state index contributed by atoms with van der Waals surface area (Å²) in [4.78, 5) is 8.92. The van der Waals surface area contributed by atoms with Gasteiger partial charge in [-0.05, 0) is 26.3 Å². The normalized spacial score (nSPS) is 15.2. The number of aromatic nitrogens is 3. The van der Waals surface area contributed by atoms with Crippen LogP contribution in [0.5, 0.6) is 0 Å². The SMILES string of the molecule is CCC(C)(CN)c1nc2cnccc2n1C(C)C. The minimum Gasteiger partial charge on any atom is -0.329 e. The van der Waals surface area contributed by atoms with Crippen molar-refractivity contribution < 1.29 is 0 Å².